The van der Waals surface area contributed by atoms with Gasteiger partial charge in [0.2, 0.25) is 0 Å². The number of hydrogen-bond acceptors (Lipinski definition) is 1. The predicted octanol–water partition coefficient (Wildman–Crippen LogP) is 4.23. The summed E-state index contributed by atoms with van der Waals surface area (Å²) in [6, 6.07) is 8.64. The number of aliphatic hydroxyl groups is 1. The van der Waals surface area contributed by atoms with Crippen LogP contribution in [-0.4, -0.2) is 5.11 Å². The largest absolute Gasteiger partial charge is 0.416 e. The van der Waals surface area contributed by atoms with Crippen LogP contribution in [0.2, 0.25) is 0 Å². The van der Waals surface area contributed by atoms with E-state index in [1.54, 1.807) is 31.2 Å². The highest BCUT2D eigenvalue weighted by Gasteiger charge is 2.32. The zero-order valence-corrected chi connectivity index (χ0v) is 10.6. The molecule has 0 aliphatic heterocycles. The number of halogens is 4. The Bertz CT molecular complexity index is 620. The summed E-state index contributed by atoms with van der Waals surface area (Å²) in [6.07, 6.45) is -6.01. The minimum atomic E-state index is -4.58. The first-order valence-corrected chi connectivity index (χ1v) is 5.91. The maximum Gasteiger partial charge on any atom is 0.416 e. The molecule has 0 aliphatic rings. The summed E-state index contributed by atoms with van der Waals surface area (Å²) >= 11 is 0. The van der Waals surface area contributed by atoms with Crippen LogP contribution in [0.25, 0.3) is 0 Å². The van der Waals surface area contributed by atoms with Gasteiger partial charge >= 0.3 is 6.18 Å². The quantitative estimate of drug-likeness (QED) is 0.818. The molecule has 0 spiro atoms. The first kappa shape index (κ1) is 14.5. The first-order valence-electron chi connectivity index (χ1n) is 5.91. The molecule has 0 aliphatic carbocycles. The normalized spacial score (nSPS) is 13.3. The zero-order chi connectivity index (χ0) is 14.9. The van der Waals surface area contributed by atoms with Crippen molar-refractivity contribution in [2.24, 2.45) is 0 Å². The van der Waals surface area contributed by atoms with Crippen molar-refractivity contribution in [2.45, 2.75) is 19.2 Å². The number of aliphatic hydroxyl groups excluding tert-OH is 1. The van der Waals surface area contributed by atoms with Gasteiger partial charge in [-0.1, -0.05) is 24.3 Å². The smallest absolute Gasteiger partial charge is 0.384 e. The number of alkyl halides is 3. The van der Waals surface area contributed by atoms with Gasteiger partial charge in [-0.05, 0) is 36.2 Å². The van der Waals surface area contributed by atoms with Gasteiger partial charge in [-0.15, -0.1) is 0 Å². The van der Waals surface area contributed by atoms with Crippen molar-refractivity contribution in [3.05, 3.63) is 70.5 Å². The van der Waals surface area contributed by atoms with E-state index in [-0.39, 0.29) is 5.56 Å². The minimum absolute atomic E-state index is 0.380. The molecule has 2 aromatic carbocycles. The molecule has 0 saturated carbocycles. The maximum atomic E-state index is 13.7. The van der Waals surface area contributed by atoms with Gasteiger partial charge in [0, 0.05) is 5.56 Å². The van der Waals surface area contributed by atoms with Crippen molar-refractivity contribution in [2.75, 3.05) is 0 Å². The van der Waals surface area contributed by atoms with Gasteiger partial charge in [0.05, 0.1) is 5.56 Å². The summed E-state index contributed by atoms with van der Waals surface area (Å²) in [4.78, 5) is 0. The Morgan fingerprint density at radius 3 is 2.25 bits per heavy atom. The van der Waals surface area contributed by atoms with Crippen LogP contribution in [0, 0.1) is 12.7 Å². The predicted molar refractivity (Wildman–Crippen MR) is 66.6 cm³/mol. The second-order valence-electron chi connectivity index (χ2n) is 4.49. The lowest BCUT2D eigenvalue weighted by molar-refractivity contribution is -0.137. The highest BCUT2D eigenvalue weighted by Crippen LogP contribution is 2.34. The molecule has 0 bridgehead atoms. The van der Waals surface area contributed by atoms with Gasteiger partial charge in [-0.3, -0.25) is 0 Å². The van der Waals surface area contributed by atoms with Crippen molar-refractivity contribution in [3.63, 3.8) is 0 Å². The first-order chi connectivity index (χ1) is 9.30. The molecule has 1 nitrogen and oxygen atoms in total. The summed E-state index contributed by atoms with van der Waals surface area (Å²) in [7, 11) is 0. The number of benzene rings is 2. The summed E-state index contributed by atoms with van der Waals surface area (Å²) < 4.78 is 51.6. The van der Waals surface area contributed by atoms with Crippen LogP contribution in [0.1, 0.15) is 28.4 Å². The molecule has 0 amide bonds. The molecule has 2 rings (SSSR count). The van der Waals surface area contributed by atoms with E-state index in [1.165, 1.54) is 0 Å². The summed E-state index contributed by atoms with van der Waals surface area (Å²) in [5.41, 5.74) is -0.307. The second-order valence-corrected chi connectivity index (χ2v) is 4.49. The van der Waals surface area contributed by atoms with Crippen molar-refractivity contribution in [1.82, 2.24) is 0 Å². The molecule has 1 atom stereocenters. The monoisotopic (exact) mass is 284 g/mol. The fourth-order valence-corrected chi connectivity index (χ4v) is 1.99. The van der Waals surface area contributed by atoms with Gasteiger partial charge in [0.25, 0.3) is 0 Å². The van der Waals surface area contributed by atoms with Crippen LogP contribution in [0.4, 0.5) is 17.6 Å². The van der Waals surface area contributed by atoms with Crippen molar-refractivity contribution < 1.29 is 22.7 Å². The molecule has 0 saturated heterocycles. The molecule has 0 radical (unpaired) electrons. The van der Waals surface area contributed by atoms with E-state index < -0.39 is 23.7 Å². The highest BCUT2D eigenvalue weighted by molar-refractivity contribution is 5.38. The van der Waals surface area contributed by atoms with Crippen LogP contribution < -0.4 is 0 Å². The van der Waals surface area contributed by atoms with Gasteiger partial charge in [0.15, 0.2) is 0 Å². The molecule has 0 heterocycles. The average Bonchev–Trinajstić information content (AvgIpc) is 2.37. The number of rotatable bonds is 2. The fraction of sp³-hybridized carbons (Fsp3) is 0.200. The van der Waals surface area contributed by atoms with Crippen LogP contribution in [0.3, 0.4) is 0 Å². The molecular weight excluding hydrogens is 272 g/mol. The molecule has 20 heavy (non-hydrogen) atoms. The van der Waals surface area contributed by atoms with Gasteiger partial charge < -0.3 is 5.11 Å². The minimum Gasteiger partial charge on any atom is -0.384 e. The van der Waals surface area contributed by atoms with E-state index in [4.69, 9.17) is 0 Å². The molecule has 0 aromatic heterocycles. The zero-order valence-electron chi connectivity index (χ0n) is 10.6. The third-order valence-electron chi connectivity index (χ3n) is 3.10. The number of hydrogen-bond donors (Lipinski definition) is 1. The van der Waals surface area contributed by atoms with Crippen LogP contribution in [-0.2, 0) is 6.18 Å². The van der Waals surface area contributed by atoms with E-state index >= 15 is 0 Å². The van der Waals surface area contributed by atoms with Gasteiger partial charge in [-0.25, -0.2) is 4.39 Å². The Kier molecular flexibility index (Phi) is 3.81. The molecule has 106 valence electrons. The highest BCUT2D eigenvalue weighted by atomic mass is 19.4. The van der Waals surface area contributed by atoms with Crippen molar-refractivity contribution >= 4 is 0 Å². The molecular formula is C15H12F4O. The SMILES string of the molecule is Cc1ccccc1C(O)c1cc(C(F)(F)F)ccc1F. The summed E-state index contributed by atoms with van der Waals surface area (Å²) in [5.74, 6) is -0.867. The van der Waals surface area contributed by atoms with Crippen LogP contribution in [0.15, 0.2) is 42.5 Å². The lowest BCUT2D eigenvalue weighted by Crippen LogP contribution is -2.10. The van der Waals surface area contributed by atoms with Gasteiger partial charge in [-0.2, -0.15) is 13.2 Å². The van der Waals surface area contributed by atoms with Gasteiger partial charge in [0.1, 0.15) is 11.9 Å². The molecule has 5 heteroatoms. The van der Waals surface area contributed by atoms with E-state index in [1.807, 2.05) is 0 Å². The lowest BCUT2D eigenvalue weighted by atomic mass is 9.96. The Labute approximate surface area is 113 Å². The van der Waals surface area contributed by atoms with Crippen LogP contribution in [0.5, 0.6) is 0 Å². The molecule has 0 fully saturated rings. The third-order valence-corrected chi connectivity index (χ3v) is 3.10. The van der Waals surface area contributed by atoms with Crippen molar-refractivity contribution in [3.8, 4) is 0 Å². The Morgan fingerprint density at radius 1 is 1.00 bits per heavy atom. The standard InChI is InChI=1S/C15H12F4O/c1-9-4-2-3-5-11(9)14(20)12-8-10(15(17,18)19)6-7-13(12)16/h2-8,14,20H,1H3. The lowest BCUT2D eigenvalue weighted by Gasteiger charge is -2.16. The van der Waals surface area contributed by atoms with E-state index in [2.05, 4.69) is 0 Å². The topological polar surface area (TPSA) is 20.2 Å². The number of aryl methyl sites for hydroxylation is 1. The average molecular weight is 284 g/mol. The van der Waals surface area contributed by atoms with Crippen LogP contribution >= 0.6 is 0 Å². The molecule has 1 unspecified atom stereocenters. The molecule has 1 N–H and O–H groups in total. The molecule has 2 aromatic rings. The summed E-state index contributed by atoms with van der Waals surface area (Å²) in [5, 5.41) is 10.1. The second kappa shape index (κ2) is 5.25. The Balaban J connectivity index is 2.50. The fourth-order valence-electron chi connectivity index (χ4n) is 1.99. The maximum absolute atomic E-state index is 13.7. The summed E-state index contributed by atoms with van der Waals surface area (Å²) in [6.45, 7) is 1.70. The van der Waals surface area contributed by atoms with E-state index in [9.17, 15) is 22.7 Å². The Hall–Kier alpha value is -1.88. The van der Waals surface area contributed by atoms with Crippen molar-refractivity contribution in [1.29, 1.82) is 0 Å². The van der Waals surface area contributed by atoms with E-state index in [0.717, 1.165) is 6.07 Å². The van der Waals surface area contributed by atoms with E-state index in [0.29, 0.717) is 23.3 Å². The third kappa shape index (κ3) is 2.82. The Morgan fingerprint density at radius 2 is 1.65 bits per heavy atom.